The third-order valence-corrected chi connectivity index (χ3v) is 3.58. The molecule has 1 heterocycles. The van der Waals surface area contributed by atoms with Gasteiger partial charge in [0.15, 0.2) is 0 Å². The van der Waals surface area contributed by atoms with Crippen LogP contribution in [0.2, 0.25) is 0 Å². The first kappa shape index (κ1) is 14.9. The van der Waals surface area contributed by atoms with Crippen molar-refractivity contribution in [3.05, 3.63) is 0 Å². The Bertz CT molecular complexity index is 228. The largest absolute Gasteiger partial charge is 0.393 e. The molecule has 0 aromatic carbocycles. The number of nitrogens with one attached hydrogen (secondary N) is 1. The van der Waals surface area contributed by atoms with Gasteiger partial charge in [0, 0.05) is 32.2 Å². The van der Waals surface area contributed by atoms with Gasteiger partial charge < -0.3 is 15.3 Å². The van der Waals surface area contributed by atoms with E-state index in [4.69, 9.17) is 0 Å². The van der Waals surface area contributed by atoms with Crippen molar-refractivity contribution in [2.24, 2.45) is 11.3 Å². The van der Waals surface area contributed by atoms with E-state index in [1.165, 1.54) is 0 Å². The quantitative estimate of drug-likeness (QED) is 0.770. The fraction of sp³-hybridized carbons (Fsp3) is 1.00. The Balaban J connectivity index is 2.36. The van der Waals surface area contributed by atoms with Gasteiger partial charge in [0.05, 0.1) is 6.10 Å². The zero-order valence-corrected chi connectivity index (χ0v) is 12.2. The minimum Gasteiger partial charge on any atom is -0.393 e. The Labute approximate surface area is 107 Å². The smallest absolute Gasteiger partial charge is 0.0590 e. The number of hydrogen-bond donors (Lipinski definition) is 2. The summed E-state index contributed by atoms with van der Waals surface area (Å²) < 4.78 is 0. The molecule has 0 amide bonds. The summed E-state index contributed by atoms with van der Waals surface area (Å²) >= 11 is 0. The Hall–Kier alpha value is -0.120. The molecular weight excluding hydrogens is 212 g/mol. The lowest BCUT2D eigenvalue weighted by atomic mass is 9.89. The second-order valence-corrected chi connectivity index (χ2v) is 6.77. The van der Waals surface area contributed by atoms with E-state index in [0.717, 1.165) is 32.6 Å². The van der Waals surface area contributed by atoms with Crippen molar-refractivity contribution in [1.82, 2.24) is 10.2 Å². The summed E-state index contributed by atoms with van der Waals surface area (Å²) in [4.78, 5) is 2.50. The topological polar surface area (TPSA) is 35.5 Å². The summed E-state index contributed by atoms with van der Waals surface area (Å²) in [5.41, 5.74) is 0.298. The van der Waals surface area contributed by atoms with Gasteiger partial charge in [0.25, 0.3) is 0 Å². The van der Waals surface area contributed by atoms with Crippen molar-refractivity contribution in [2.75, 3.05) is 26.2 Å². The Morgan fingerprint density at radius 3 is 2.59 bits per heavy atom. The van der Waals surface area contributed by atoms with E-state index in [0.29, 0.717) is 17.4 Å². The summed E-state index contributed by atoms with van der Waals surface area (Å²) in [6.07, 6.45) is 0.831. The first-order valence-corrected chi connectivity index (χ1v) is 6.94. The van der Waals surface area contributed by atoms with E-state index in [9.17, 15) is 5.11 Å². The van der Waals surface area contributed by atoms with E-state index in [-0.39, 0.29) is 6.10 Å². The molecule has 0 saturated carbocycles. The number of aliphatic hydroxyl groups is 1. The summed E-state index contributed by atoms with van der Waals surface area (Å²) in [7, 11) is 0. The van der Waals surface area contributed by atoms with Crippen LogP contribution >= 0.6 is 0 Å². The molecule has 0 radical (unpaired) electrons. The molecule has 1 fully saturated rings. The lowest BCUT2D eigenvalue weighted by Gasteiger charge is -2.39. The lowest BCUT2D eigenvalue weighted by molar-refractivity contribution is 0.0208. The van der Waals surface area contributed by atoms with Crippen LogP contribution in [0, 0.1) is 11.3 Å². The van der Waals surface area contributed by atoms with Gasteiger partial charge >= 0.3 is 0 Å². The second kappa shape index (κ2) is 6.17. The molecule has 102 valence electrons. The molecule has 0 aliphatic carbocycles. The van der Waals surface area contributed by atoms with E-state index in [2.05, 4.69) is 44.8 Å². The Kier molecular flexibility index (Phi) is 5.42. The van der Waals surface area contributed by atoms with Crippen molar-refractivity contribution < 1.29 is 5.11 Å². The number of piperidine rings is 1. The molecule has 3 heteroatoms. The molecule has 1 rings (SSSR count). The highest BCUT2D eigenvalue weighted by Gasteiger charge is 2.28. The normalized spacial score (nSPS) is 27.7. The van der Waals surface area contributed by atoms with Crippen LogP contribution in [0.25, 0.3) is 0 Å². The third kappa shape index (κ3) is 5.36. The highest BCUT2D eigenvalue weighted by molar-refractivity contribution is 4.82. The van der Waals surface area contributed by atoms with Gasteiger partial charge in [0.1, 0.15) is 0 Å². The van der Waals surface area contributed by atoms with Crippen molar-refractivity contribution in [2.45, 2.75) is 53.2 Å². The molecule has 0 spiro atoms. The predicted molar refractivity (Wildman–Crippen MR) is 73.1 cm³/mol. The van der Waals surface area contributed by atoms with Gasteiger partial charge in [-0.25, -0.2) is 0 Å². The zero-order valence-electron chi connectivity index (χ0n) is 12.2. The van der Waals surface area contributed by atoms with Gasteiger partial charge in [-0.3, -0.25) is 0 Å². The standard InChI is InChI=1S/C14H30N2O/c1-11(2)15-9-14(4,5)10-16-7-6-13(17)12(3)8-16/h11-13,15,17H,6-10H2,1-5H3. The highest BCUT2D eigenvalue weighted by atomic mass is 16.3. The molecule has 3 nitrogen and oxygen atoms in total. The number of rotatable bonds is 5. The van der Waals surface area contributed by atoms with Gasteiger partial charge in [-0.15, -0.1) is 0 Å². The van der Waals surface area contributed by atoms with Crippen LogP contribution in [0.15, 0.2) is 0 Å². The van der Waals surface area contributed by atoms with Crippen molar-refractivity contribution in [3.63, 3.8) is 0 Å². The van der Waals surface area contributed by atoms with E-state index in [1.807, 2.05) is 0 Å². The van der Waals surface area contributed by atoms with Crippen LogP contribution in [0.3, 0.4) is 0 Å². The van der Waals surface area contributed by atoms with Gasteiger partial charge in [-0.1, -0.05) is 34.6 Å². The maximum absolute atomic E-state index is 9.73. The van der Waals surface area contributed by atoms with Crippen LogP contribution in [-0.4, -0.2) is 48.3 Å². The first-order valence-electron chi connectivity index (χ1n) is 6.94. The molecule has 2 unspecified atom stereocenters. The van der Waals surface area contributed by atoms with Crippen LogP contribution in [0.5, 0.6) is 0 Å². The number of aliphatic hydroxyl groups excluding tert-OH is 1. The fourth-order valence-electron chi connectivity index (χ4n) is 2.50. The first-order chi connectivity index (χ1) is 7.80. The van der Waals surface area contributed by atoms with Crippen LogP contribution in [-0.2, 0) is 0 Å². The predicted octanol–water partition coefficient (Wildman–Crippen LogP) is 1.71. The molecule has 1 saturated heterocycles. The molecular formula is C14H30N2O. The molecule has 0 aromatic heterocycles. The summed E-state index contributed by atoms with van der Waals surface area (Å²) in [6, 6.07) is 0.552. The number of hydrogen-bond acceptors (Lipinski definition) is 3. The SMILES string of the molecule is CC(C)NCC(C)(C)CN1CCC(O)C(C)C1. The van der Waals surface area contributed by atoms with Crippen LogP contribution < -0.4 is 5.32 Å². The molecule has 17 heavy (non-hydrogen) atoms. The minimum absolute atomic E-state index is 0.0943. The van der Waals surface area contributed by atoms with Crippen molar-refractivity contribution in [1.29, 1.82) is 0 Å². The molecule has 0 aromatic rings. The Morgan fingerprint density at radius 1 is 1.41 bits per heavy atom. The second-order valence-electron chi connectivity index (χ2n) is 6.77. The summed E-state index contributed by atoms with van der Waals surface area (Å²) in [6.45, 7) is 15.4. The number of likely N-dealkylation sites (tertiary alicyclic amines) is 1. The van der Waals surface area contributed by atoms with Crippen molar-refractivity contribution >= 4 is 0 Å². The molecule has 0 bridgehead atoms. The Morgan fingerprint density at radius 2 is 2.06 bits per heavy atom. The average molecular weight is 242 g/mol. The van der Waals surface area contributed by atoms with E-state index < -0.39 is 0 Å². The van der Waals surface area contributed by atoms with Crippen LogP contribution in [0.4, 0.5) is 0 Å². The van der Waals surface area contributed by atoms with Gasteiger partial charge in [0.2, 0.25) is 0 Å². The summed E-state index contributed by atoms with van der Waals surface area (Å²) in [5.74, 6) is 0.414. The minimum atomic E-state index is -0.0943. The lowest BCUT2D eigenvalue weighted by Crippen LogP contribution is -2.48. The monoisotopic (exact) mass is 242 g/mol. The number of nitrogens with zero attached hydrogens (tertiary/aromatic N) is 1. The average Bonchev–Trinajstić information content (AvgIpc) is 2.21. The maximum Gasteiger partial charge on any atom is 0.0590 e. The van der Waals surface area contributed by atoms with E-state index in [1.54, 1.807) is 0 Å². The molecule has 1 aliphatic rings. The van der Waals surface area contributed by atoms with Gasteiger partial charge in [-0.05, 0) is 17.8 Å². The third-order valence-electron chi connectivity index (χ3n) is 3.58. The zero-order chi connectivity index (χ0) is 13.1. The molecule has 1 aliphatic heterocycles. The molecule has 2 atom stereocenters. The maximum atomic E-state index is 9.73. The van der Waals surface area contributed by atoms with Gasteiger partial charge in [-0.2, -0.15) is 0 Å². The highest BCUT2D eigenvalue weighted by Crippen LogP contribution is 2.22. The van der Waals surface area contributed by atoms with Crippen molar-refractivity contribution in [3.8, 4) is 0 Å². The van der Waals surface area contributed by atoms with E-state index >= 15 is 0 Å². The fourth-order valence-corrected chi connectivity index (χ4v) is 2.50. The van der Waals surface area contributed by atoms with Crippen LogP contribution in [0.1, 0.15) is 41.0 Å². The summed E-state index contributed by atoms with van der Waals surface area (Å²) in [5, 5.41) is 13.3. The molecule has 2 N–H and O–H groups in total.